The number of aliphatic imine (C=N–C) groups is 1. The molecular formula is C20H39N5O2S. The third kappa shape index (κ3) is 7.35. The number of rotatable bonds is 5. The molecule has 2 heterocycles. The van der Waals surface area contributed by atoms with E-state index in [0.29, 0.717) is 18.8 Å². The number of hydrogen-bond acceptors (Lipinski definition) is 4. The Hall–Kier alpha value is -1.15. The standard InChI is InChI=1S/C20H39N5O2S/c1-20(2,3)28(27)16-9-22-19(21-4)25-14-12-23(13-15-25)17-18(26)24-10-7-5-6-8-11-24/h5-17H2,1-4H3,(H,21,22). The number of likely N-dealkylation sites (tertiary alicyclic amines) is 1. The molecule has 2 saturated heterocycles. The van der Waals surface area contributed by atoms with Crippen molar-refractivity contribution in [2.45, 2.75) is 51.2 Å². The highest BCUT2D eigenvalue weighted by Crippen LogP contribution is 2.12. The Balaban J connectivity index is 1.72. The number of piperazine rings is 1. The number of nitrogens with one attached hydrogen (secondary N) is 1. The average molecular weight is 414 g/mol. The van der Waals surface area contributed by atoms with E-state index in [1.54, 1.807) is 7.05 Å². The molecule has 1 atom stereocenters. The number of carbonyl (C=O) groups is 1. The fourth-order valence-corrected chi connectivity index (χ4v) is 4.52. The highest BCUT2D eigenvalue weighted by atomic mass is 32.2. The molecule has 2 rings (SSSR count). The average Bonchev–Trinajstić information content (AvgIpc) is 2.95. The van der Waals surface area contributed by atoms with Crippen LogP contribution in [0.15, 0.2) is 4.99 Å². The van der Waals surface area contributed by atoms with Gasteiger partial charge in [0.1, 0.15) is 0 Å². The van der Waals surface area contributed by atoms with Crippen LogP contribution in [0, 0.1) is 0 Å². The smallest absolute Gasteiger partial charge is 0.236 e. The van der Waals surface area contributed by atoms with Gasteiger partial charge in [-0.25, -0.2) is 0 Å². The summed E-state index contributed by atoms with van der Waals surface area (Å²) in [4.78, 5) is 23.5. The van der Waals surface area contributed by atoms with Crippen molar-refractivity contribution in [2.75, 3.05) is 65.2 Å². The van der Waals surface area contributed by atoms with Gasteiger partial charge in [-0.2, -0.15) is 0 Å². The monoisotopic (exact) mass is 413 g/mol. The molecule has 162 valence electrons. The summed E-state index contributed by atoms with van der Waals surface area (Å²) in [6.07, 6.45) is 4.78. The third-order valence-corrected chi connectivity index (χ3v) is 7.40. The molecule has 1 amide bonds. The van der Waals surface area contributed by atoms with Crippen LogP contribution in [0.2, 0.25) is 0 Å². The van der Waals surface area contributed by atoms with Gasteiger partial charge in [0.25, 0.3) is 0 Å². The molecule has 0 aliphatic carbocycles. The van der Waals surface area contributed by atoms with Crippen LogP contribution in [0.3, 0.4) is 0 Å². The molecule has 8 heteroatoms. The quantitative estimate of drug-likeness (QED) is 0.541. The SMILES string of the molecule is CN=C(NCCS(=O)C(C)(C)C)N1CCN(CC(=O)N2CCCCCC2)CC1. The second kappa shape index (κ2) is 11.1. The molecular weight excluding hydrogens is 374 g/mol. The van der Waals surface area contributed by atoms with Crippen LogP contribution in [-0.4, -0.2) is 101 Å². The summed E-state index contributed by atoms with van der Waals surface area (Å²) in [5, 5.41) is 3.35. The minimum Gasteiger partial charge on any atom is -0.355 e. The van der Waals surface area contributed by atoms with Crippen LogP contribution in [0.25, 0.3) is 0 Å². The van der Waals surface area contributed by atoms with E-state index in [9.17, 15) is 9.00 Å². The first-order chi connectivity index (χ1) is 13.3. The van der Waals surface area contributed by atoms with E-state index in [1.165, 1.54) is 12.8 Å². The third-order valence-electron chi connectivity index (χ3n) is 5.45. The molecule has 28 heavy (non-hydrogen) atoms. The molecule has 2 aliphatic heterocycles. The second-order valence-electron chi connectivity index (χ2n) is 8.69. The Labute approximate surface area is 173 Å². The first-order valence-electron chi connectivity index (χ1n) is 10.7. The first-order valence-corrected chi connectivity index (χ1v) is 12.0. The van der Waals surface area contributed by atoms with E-state index < -0.39 is 10.8 Å². The highest BCUT2D eigenvalue weighted by molar-refractivity contribution is 7.86. The maximum atomic E-state index is 12.6. The van der Waals surface area contributed by atoms with Crippen LogP contribution >= 0.6 is 0 Å². The Kier molecular flexibility index (Phi) is 9.21. The molecule has 1 N–H and O–H groups in total. The van der Waals surface area contributed by atoms with Gasteiger partial charge >= 0.3 is 0 Å². The second-order valence-corrected chi connectivity index (χ2v) is 11.0. The van der Waals surface area contributed by atoms with Crippen LogP contribution in [0.1, 0.15) is 46.5 Å². The van der Waals surface area contributed by atoms with E-state index >= 15 is 0 Å². The summed E-state index contributed by atoms with van der Waals surface area (Å²) in [5.74, 6) is 1.76. The zero-order valence-electron chi connectivity index (χ0n) is 18.2. The van der Waals surface area contributed by atoms with Crippen molar-refractivity contribution in [3.8, 4) is 0 Å². The molecule has 0 aromatic heterocycles. The molecule has 0 radical (unpaired) electrons. The summed E-state index contributed by atoms with van der Waals surface area (Å²) in [5.41, 5.74) is 0. The predicted molar refractivity (Wildman–Crippen MR) is 117 cm³/mol. The molecule has 2 fully saturated rings. The highest BCUT2D eigenvalue weighted by Gasteiger charge is 2.24. The summed E-state index contributed by atoms with van der Waals surface area (Å²) >= 11 is 0. The molecule has 0 spiro atoms. The minimum absolute atomic E-state index is 0.184. The van der Waals surface area contributed by atoms with Crippen molar-refractivity contribution in [3.63, 3.8) is 0 Å². The van der Waals surface area contributed by atoms with Gasteiger partial charge in [-0.05, 0) is 33.6 Å². The minimum atomic E-state index is -0.863. The topological polar surface area (TPSA) is 68.2 Å². The lowest BCUT2D eigenvalue weighted by Gasteiger charge is -2.37. The van der Waals surface area contributed by atoms with Crippen LogP contribution in [0.5, 0.6) is 0 Å². The Bertz CT molecular complexity index is 545. The van der Waals surface area contributed by atoms with E-state index in [-0.39, 0.29) is 10.7 Å². The lowest BCUT2D eigenvalue weighted by atomic mass is 10.2. The first kappa shape index (κ1) is 23.1. The van der Waals surface area contributed by atoms with E-state index in [0.717, 1.165) is 58.1 Å². The van der Waals surface area contributed by atoms with Gasteiger partial charge in [-0.1, -0.05) is 12.8 Å². The number of amides is 1. The maximum absolute atomic E-state index is 12.6. The zero-order valence-corrected chi connectivity index (χ0v) is 19.0. The summed E-state index contributed by atoms with van der Waals surface area (Å²) in [6, 6.07) is 0. The normalized spacial score (nSPS) is 21.4. The Morgan fingerprint density at radius 1 is 0.964 bits per heavy atom. The molecule has 0 aromatic carbocycles. The fraction of sp³-hybridized carbons (Fsp3) is 0.900. The fourth-order valence-electron chi connectivity index (χ4n) is 3.62. The summed E-state index contributed by atoms with van der Waals surface area (Å²) in [6.45, 7) is 12.5. The Morgan fingerprint density at radius 3 is 2.11 bits per heavy atom. The molecule has 2 aliphatic rings. The molecule has 0 aromatic rings. The van der Waals surface area contributed by atoms with Gasteiger partial charge < -0.3 is 15.1 Å². The van der Waals surface area contributed by atoms with Crippen molar-refractivity contribution in [3.05, 3.63) is 0 Å². The Morgan fingerprint density at radius 2 is 1.57 bits per heavy atom. The van der Waals surface area contributed by atoms with Gasteiger partial charge in [0.15, 0.2) is 5.96 Å². The van der Waals surface area contributed by atoms with E-state index in [4.69, 9.17) is 0 Å². The lowest BCUT2D eigenvalue weighted by Crippen LogP contribution is -2.54. The lowest BCUT2D eigenvalue weighted by molar-refractivity contribution is -0.132. The predicted octanol–water partition coefficient (Wildman–Crippen LogP) is 1.13. The van der Waals surface area contributed by atoms with Crippen molar-refractivity contribution < 1.29 is 9.00 Å². The van der Waals surface area contributed by atoms with Crippen molar-refractivity contribution in [1.82, 2.24) is 20.0 Å². The molecule has 7 nitrogen and oxygen atoms in total. The van der Waals surface area contributed by atoms with E-state index in [2.05, 4.69) is 25.0 Å². The zero-order chi connectivity index (χ0) is 20.6. The van der Waals surface area contributed by atoms with Gasteiger partial charge in [0.05, 0.1) is 6.54 Å². The van der Waals surface area contributed by atoms with E-state index in [1.807, 2.05) is 20.8 Å². The number of guanidine groups is 1. The van der Waals surface area contributed by atoms with Crippen LogP contribution in [0.4, 0.5) is 0 Å². The van der Waals surface area contributed by atoms with Crippen LogP contribution in [-0.2, 0) is 15.6 Å². The van der Waals surface area contributed by atoms with Gasteiger partial charge in [0, 0.05) is 74.2 Å². The van der Waals surface area contributed by atoms with Crippen molar-refractivity contribution in [2.24, 2.45) is 4.99 Å². The molecule has 0 bridgehead atoms. The van der Waals surface area contributed by atoms with Gasteiger partial charge in [-0.3, -0.25) is 18.9 Å². The molecule has 0 saturated carbocycles. The number of carbonyl (C=O) groups excluding carboxylic acids is 1. The molecule has 1 unspecified atom stereocenters. The number of hydrogen-bond donors (Lipinski definition) is 1. The largest absolute Gasteiger partial charge is 0.355 e. The van der Waals surface area contributed by atoms with Gasteiger partial charge in [-0.15, -0.1) is 0 Å². The maximum Gasteiger partial charge on any atom is 0.236 e. The van der Waals surface area contributed by atoms with Crippen LogP contribution < -0.4 is 5.32 Å². The van der Waals surface area contributed by atoms with Crippen molar-refractivity contribution in [1.29, 1.82) is 0 Å². The van der Waals surface area contributed by atoms with Gasteiger partial charge in [0.2, 0.25) is 5.91 Å². The summed E-state index contributed by atoms with van der Waals surface area (Å²) in [7, 11) is 0.927. The summed E-state index contributed by atoms with van der Waals surface area (Å²) < 4.78 is 12.0. The van der Waals surface area contributed by atoms with Crippen molar-refractivity contribution >= 4 is 22.7 Å². The number of nitrogens with zero attached hydrogens (tertiary/aromatic N) is 4.